The molecule has 4 nitrogen and oxygen atoms in total. The van der Waals surface area contributed by atoms with Crippen LogP contribution in [0.2, 0.25) is 0 Å². The van der Waals surface area contributed by atoms with Gasteiger partial charge in [-0.25, -0.2) is 0 Å². The molecule has 0 bridgehead atoms. The topological polar surface area (TPSA) is 38.8 Å². The number of likely N-dealkylation sites (tertiary alicyclic amines) is 1. The summed E-state index contributed by atoms with van der Waals surface area (Å²) in [6.07, 6.45) is 5.30. The predicted octanol–water partition coefficient (Wildman–Crippen LogP) is 4.45. The Bertz CT molecular complexity index is 584. The van der Waals surface area contributed by atoms with E-state index >= 15 is 0 Å². The van der Waals surface area contributed by atoms with Crippen LogP contribution in [0.5, 0.6) is 5.75 Å². The molecule has 0 N–H and O–H groups in total. The standard InChI is InChI=1S/C22H35NO3/c1-22(2,3)12-6-7-17-8-9-20(25-4)15-19(17)16-23-13-10-18(11-14-23)21(24)26-5/h8-9,15,18H,6-7,10-14,16H2,1-5H3. The molecule has 146 valence electrons. The van der Waals surface area contributed by atoms with Crippen molar-refractivity contribution < 1.29 is 14.3 Å². The van der Waals surface area contributed by atoms with Gasteiger partial charge >= 0.3 is 5.97 Å². The van der Waals surface area contributed by atoms with Crippen LogP contribution in [0.4, 0.5) is 0 Å². The SMILES string of the molecule is COC(=O)C1CCN(Cc2cc(OC)ccc2CCCC(C)(C)C)CC1. The molecule has 0 saturated carbocycles. The number of aryl methyl sites for hydroxylation is 1. The van der Waals surface area contributed by atoms with Crippen molar-refractivity contribution in [2.24, 2.45) is 11.3 Å². The number of nitrogens with zero attached hydrogens (tertiary/aromatic N) is 1. The lowest BCUT2D eigenvalue weighted by Gasteiger charge is -2.31. The van der Waals surface area contributed by atoms with Crippen molar-refractivity contribution in [2.45, 2.75) is 59.4 Å². The lowest BCUT2D eigenvalue weighted by Crippen LogP contribution is -2.36. The van der Waals surface area contributed by atoms with E-state index in [1.807, 2.05) is 0 Å². The quantitative estimate of drug-likeness (QED) is 0.673. The Balaban J connectivity index is 1.99. The number of hydrogen-bond donors (Lipinski definition) is 0. The van der Waals surface area contributed by atoms with Gasteiger partial charge in [0.1, 0.15) is 5.75 Å². The van der Waals surface area contributed by atoms with Crippen LogP contribution in [0.1, 0.15) is 57.6 Å². The van der Waals surface area contributed by atoms with E-state index in [1.165, 1.54) is 31.1 Å². The van der Waals surface area contributed by atoms with Crippen LogP contribution >= 0.6 is 0 Å². The lowest BCUT2D eigenvalue weighted by molar-refractivity contribution is -0.147. The average Bonchev–Trinajstić information content (AvgIpc) is 2.61. The molecule has 0 unspecified atom stereocenters. The van der Waals surface area contributed by atoms with Gasteiger partial charge in [-0.3, -0.25) is 9.69 Å². The van der Waals surface area contributed by atoms with E-state index in [1.54, 1.807) is 7.11 Å². The Hall–Kier alpha value is -1.55. The average molecular weight is 362 g/mol. The molecular formula is C22H35NO3. The highest BCUT2D eigenvalue weighted by Crippen LogP contribution is 2.27. The van der Waals surface area contributed by atoms with Crippen LogP contribution in [0, 0.1) is 11.3 Å². The summed E-state index contributed by atoms with van der Waals surface area (Å²) in [5.41, 5.74) is 3.16. The summed E-state index contributed by atoms with van der Waals surface area (Å²) in [5, 5.41) is 0. The summed E-state index contributed by atoms with van der Waals surface area (Å²) in [6, 6.07) is 6.47. The fraction of sp³-hybridized carbons (Fsp3) is 0.682. The normalized spacial score (nSPS) is 16.5. The third-order valence-electron chi connectivity index (χ3n) is 5.30. The molecule has 1 saturated heterocycles. The number of carbonyl (C=O) groups is 1. The molecule has 1 aromatic carbocycles. The number of rotatable bonds is 7. The van der Waals surface area contributed by atoms with Crippen molar-refractivity contribution in [1.82, 2.24) is 4.90 Å². The number of ether oxygens (including phenoxy) is 2. The fourth-order valence-electron chi connectivity index (χ4n) is 3.66. The van der Waals surface area contributed by atoms with Crippen molar-refractivity contribution in [1.29, 1.82) is 0 Å². The Morgan fingerprint density at radius 3 is 2.42 bits per heavy atom. The van der Waals surface area contributed by atoms with Crippen LogP contribution in [0.15, 0.2) is 18.2 Å². The minimum absolute atomic E-state index is 0.0612. The fourth-order valence-corrected chi connectivity index (χ4v) is 3.66. The van der Waals surface area contributed by atoms with Gasteiger partial charge in [-0.2, -0.15) is 0 Å². The molecular weight excluding hydrogens is 326 g/mol. The highest BCUT2D eigenvalue weighted by atomic mass is 16.5. The van der Waals surface area contributed by atoms with Crippen molar-refractivity contribution in [2.75, 3.05) is 27.3 Å². The second-order valence-corrected chi connectivity index (χ2v) is 8.62. The van der Waals surface area contributed by atoms with E-state index in [0.29, 0.717) is 5.41 Å². The Labute approximate surface area is 158 Å². The number of hydrogen-bond acceptors (Lipinski definition) is 4. The van der Waals surface area contributed by atoms with Gasteiger partial charge in [-0.15, -0.1) is 0 Å². The summed E-state index contributed by atoms with van der Waals surface area (Å²) in [7, 11) is 3.20. The molecule has 0 aliphatic carbocycles. The molecule has 2 rings (SSSR count). The Morgan fingerprint density at radius 1 is 1.15 bits per heavy atom. The van der Waals surface area contributed by atoms with Gasteiger partial charge in [-0.1, -0.05) is 26.8 Å². The summed E-state index contributed by atoms with van der Waals surface area (Å²) in [4.78, 5) is 14.2. The largest absolute Gasteiger partial charge is 0.497 e. The molecule has 0 radical (unpaired) electrons. The summed E-state index contributed by atoms with van der Waals surface area (Å²) >= 11 is 0. The van der Waals surface area contributed by atoms with E-state index in [2.05, 4.69) is 43.9 Å². The molecule has 1 aliphatic heterocycles. The van der Waals surface area contributed by atoms with Gasteiger partial charge in [-0.05, 0) is 73.9 Å². The van der Waals surface area contributed by atoms with E-state index in [0.717, 1.165) is 44.6 Å². The number of carbonyl (C=O) groups excluding carboxylic acids is 1. The first-order valence-electron chi connectivity index (χ1n) is 9.78. The third kappa shape index (κ3) is 6.31. The highest BCUT2D eigenvalue weighted by Gasteiger charge is 2.26. The van der Waals surface area contributed by atoms with Gasteiger partial charge in [0.05, 0.1) is 20.1 Å². The van der Waals surface area contributed by atoms with Crippen molar-refractivity contribution in [3.63, 3.8) is 0 Å². The number of methoxy groups -OCH3 is 2. The van der Waals surface area contributed by atoms with E-state index in [4.69, 9.17) is 9.47 Å². The first kappa shape index (κ1) is 20.8. The second kappa shape index (κ2) is 9.40. The maximum absolute atomic E-state index is 11.7. The molecule has 1 heterocycles. The first-order valence-corrected chi connectivity index (χ1v) is 9.78. The van der Waals surface area contributed by atoms with Gasteiger partial charge in [0.15, 0.2) is 0 Å². The van der Waals surface area contributed by atoms with Crippen LogP contribution in [-0.4, -0.2) is 38.2 Å². The number of esters is 1. The van der Waals surface area contributed by atoms with Crippen molar-refractivity contribution >= 4 is 5.97 Å². The molecule has 26 heavy (non-hydrogen) atoms. The second-order valence-electron chi connectivity index (χ2n) is 8.62. The smallest absolute Gasteiger partial charge is 0.308 e. The highest BCUT2D eigenvalue weighted by molar-refractivity contribution is 5.72. The number of piperidine rings is 1. The molecule has 1 aromatic rings. The monoisotopic (exact) mass is 361 g/mol. The van der Waals surface area contributed by atoms with Gasteiger partial charge < -0.3 is 9.47 Å². The Kier molecular flexibility index (Phi) is 7.51. The zero-order valence-corrected chi connectivity index (χ0v) is 17.1. The van der Waals surface area contributed by atoms with E-state index in [-0.39, 0.29) is 11.9 Å². The predicted molar refractivity (Wildman–Crippen MR) is 105 cm³/mol. The zero-order chi connectivity index (χ0) is 19.2. The minimum Gasteiger partial charge on any atom is -0.497 e. The molecule has 1 fully saturated rings. The minimum atomic E-state index is -0.0612. The molecule has 4 heteroatoms. The van der Waals surface area contributed by atoms with Crippen LogP contribution < -0.4 is 4.74 Å². The van der Waals surface area contributed by atoms with E-state index < -0.39 is 0 Å². The molecule has 0 atom stereocenters. The third-order valence-corrected chi connectivity index (χ3v) is 5.30. The van der Waals surface area contributed by atoms with E-state index in [9.17, 15) is 4.79 Å². The van der Waals surface area contributed by atoms with Crippen molar-refractivity contribution in [3.8, 4) is 5.75 Å². The van der Waals surface area contributed by atoms with Gasteiger partial charge in [0.2, 0.25) is 0 Å². The first-order chi connectivity index (χ1) is 12.3. The molecule has 1 aliphatic rings. The zero-order valence-electron chi connectivity index (χ0n) is 17.1. The summed E-state index contributed by atoms with van der Waals surface area (Å²) < 4.78 is 10.3. The van der Waals surface area contributed by atoms with Gasteiger partial charge in [0, 0.05) is 6.54 Å². The van der Waals surface area contributed by atoms with Gasteiger partial charge in [0.25, 0.3) is 0 Å². The maximum Gasteiger partial charge on any atom is 0.308 e. The van der Waals surface area contributed by atoms with Crippen molar-refractivity contribution in [3.05, 3.63) is 29.3 Å². The molecule has 0 amide bonds. The summed E-state index contributed by atoms with van der Waals surface area (Å²) in [5.74, 6) is 0.922. The lowest BCUT2D eigenvalue weighted by atomic mass is 9.88. The maximum atomic E-state index is 11.7. The Morgan fingerprint density at radius 2 is 1.85 bits per heavy atom. The number of benzene rings is 1. The molecule has 0 aromatic heterocycles. The van der Waals surface area contributed by atoms with Crippen LogP contribution in [0.3, 0.4) is 0 Å². The molecule has 0 spiro atoms. The van der Waals surface area contributed by atoms with Crippen LogP contribution in [-0.2, 0) is 22.5 Å². The summed E-state index contributed by atoms with van der Waals surface area (Å²) in [6.45, 7) is 9.71. The van der Waals surface area contributed by atoms with Crippen LogP contribution in [0.25, 0.3) is 0 Å².